The first-order valence-electron chi connectivity index (χ1n) is 12.1. The Labute approximate surface area is 215 Å². The van der Waals surface area contributed by atoms with E-state index in [9.17, 15) is 18.0 Å². The summed E-state index contributed by atoms with van der Waals surface area (Å²) in [5, 5.41) is 2.92. The molecule has 2 rings (SSSR count). The van der Waals surface area contributed by atoms with Crippen LogP contribution in [0.1, 0.15) is 43.9 Å². The third-order valence-electron chi connectivity index (χ3n) is 5.87. The molecule has 0 radical (unpaired) electrons. The summed E-state index contributed by atoms with van der Waals surface area (Å²) < 4.78 is 32.0. The number of amides is 2. The number of aryl methyl sites for hydroxylation is 2. The number of nitrogens with zero attached hydrogens (tertiary/aromatic N) is 2. The number of rotatable bonds is 12. The zero-order valence-electron chi connectivity index (χ0n) is 22.4. The van der Waals surface area contributed by atoms with E-state index in [0.29, 0.717) is 24.4 Å². The molecule has 0 saturated heterocycles. The molecule has 0 aliphatic heterocycles. The second kappa shape index (κ2) is 12.8. The van der Waals surface area contributed by atoms with Crippen molar-refractivity contribution in [1.82, 2.24) is 10.2 Å². The van der Waals surface area contributed by atoms with Crippen molar-refractivity contribution in [3.63, 3.8) is 0 Å². The number of anilines is 1. The normalized spacial score (nSPS) is 12.2. The Morgan fingerprint density at radius 2 is 1.78 bits per heavy atom. The number of nitrogens with one attached hydrogen (secondary N) is 1. The van der Waals surface area contributed by atoms with E-state index in [1.54, 1.807) is 32.2 Å². The molecule has 1 unspecified atom stereocenters. The quantitative estimate of drug-likeness (QED) is 0.464. The molecule has 0 aromatic heterocycles. The minimum Gasteiger partial charge on any atom is -0.497 e. The van der Waals surface area contributed by atoms with Gasteiger partial charge in [-0.25, -0.2) is 8.42 Å². The molecular formula is C27H39N3O5S. The van der Waals surface area contributed by atoms with Gasteiger partial charge in [-0.3, -0.25) is 13.9 Å². The molecule has 0 aliphatic carbocycles. The Bertz CT molecular complexity index is 1160. The van der Waals surface area contributed by atoms with E-state index < -0.39 is 28.5 Å². The van der Waals surface area contributed by atoms with Gasteiger partial charge in [0.1, 0.15) is 18.3 Å². The summed E-state index contributed by atoms with van der Waals surface area (Å²) in [6.45, 7) is 9.70. The van der Waals surface area contributed by atoms with Crippen molar-refractivity contribution in [3.05, 3.63) is 59.2 Å². The predicted octanol–water partition coefficient (Wildman–Crippen LogP) is 3.66. The van der Waals surface area contributed by atoms with Crippen LogP contribution in [0.2, 0.25) is 0 Å². The van der Waals surface area contributed by atoms with Gasteiger partial charge in [-0.1, -0.05) is 45.0 Å². The van der Waals surface area contributed by atoms with Crippen LogP contribution in [0.25, 0.3) is 0 Å². The first kappa shape index (κ1) is 29.2. The first-order valence-corrected chi connectivity index (χ1v) is 14.0. The zero-order chi connectivity index (χ0) is 27.0. The lowest BCUT2D eigenvalue weighted by molar-refractivity contribution is -0.140. The lowest BCUT2D eigenvalue weighted by Gasteiger charge is -2.33. The zero-order valence-corrected chi connectivity index (χ0v) is 23.2. The molecule has 2 aromatic rings. The molecule has 0 bridgehead atoms. The number of hydrogen-bond acceptors (Lipinski definition) is 5. The summed E-state index contributed by atoms with van der Waals surface area (Å²) in [4.78, 5) is 28.4. The smallest absolute Gasteiger partial charge is 0.244 e. The summed E-state index contributed by atoms with van der Waals surface area (Å²) in [7, 11) is -2.22. The van der Waals surface area contributed by atoms with E-state index in [1.165, 1.54) is 4.90 Å². The van der Waals surface area contributed by atoms with Crippen LogP contribution >= 0.6 is 0 Å². The average molecular weight is 518 g/mol. The van der Waals surface area contributed by atoms with E-state index in [1.807, 2.05) is 52.0 Å². The summed E-state index contributed by atoms with van der Waals surface area (Å²) in [6.07, 6.45) is 1.46. The highest BCUT2D eigenvalue weighted by atomic mass is 32.2. The Balaban J connectivity index is 2.48. The van der Waals surface area contributed by atoms with Crippen molar-refractivity contribution in [2.45, 2.75) is 53.6 Å². The highest BCUT2D eigenvalue weighted by Gasteiger charge is 2.32. The number of carbonyl (C=O) groups excluding carboxylic acids is 2. The van der Waals surface area contributed by atoms with Crippen molar-refractivity contribution in [2.24, 2.45) is 5.92 Å². The van der Waals surface area contributed by atoms with Crippen LogP contribution in [0, 0.1) is 19.8 Å². The molecule has 0 spiro atoms. The summed E-state index contributed by atoms with van der Waals surface area (Å²) in [5.41, 5.74) is 2.84. The molecule has 0 fully saturated rings. The molecule has 1 N–H and O–H groups in total. The highest BCUT2D eigenvalue weighted by Crippen LogP contribution is 2.25. The van der Waals surface area contributed by atoms with Gasteiger partial charge in [-0.15, -0.1) is 0 Å². The number of carbonyl (C=O) groups is 2. The topological polar surface area (TPSA) is 96.0 Å². The first-order chi connectivity index (χ1) is 16.9. The fraction of sp³-hybridized carbons (Fsp3) is 0.481. The van der Waals surface area contributed by atoms with E-state index >= 15 is 0 Å². The molecule has 2 amide bonds. The van der Waals surface area contributed by atoms with Gasteiger partial charge in [0.25, 0.3) is 0 Å². The molecule has 0 heterocycles. The molecular weight excluding hydrogens is 478 g/mol. The minimum atomic E-state index is -3.78. The second-order valence-electron chi connectivity index (χ2n) is 9.50. The Kier molecular flexibility index (Phi) is 10.3. The van der Waals surface area contributed by atoms with Crippen LogP contribution in [-0.2, 0) is 26.2 Å². The van der Waals surface area contributed by atoms with Gasteiger partial charge in [0.2, 0.25) is 21.8 Å². The van der Waals surface area contributed by atoms with E-state index in [2.05, 4.69) is 5.32 Å². The monoisotopic (exact) mass is 517 g/mol. The maximum absolute atomic E-state index is 13.8. The maximum Gasteiger partial charge on any atom is 0.244 e. The van der Waals surface area contributed by atoms with Crippen molar-refractivity contribution in [2.75, 3.05) is 30.8 Å². The molecule has 36 heavy (non-hydrogen) atoms. The summed E-state index contributed by atoms with van der Waals surface area (Å²) in [6, 6.07) is 12.0. The third kappa shape index (κ3) is 7.98. The number of methoxy groups -OCH3 is 1. The molecule has 9 heteroatoms. The van der Waals surface area contributed by atoms with Gasteiger partial charge < -0.3 is 15.0 Å². The van der Waals surface area contributed by atoms with Gasteiger partial charge in [0, 0.05) is 13.1 Å². The Morgan fingerprint density at radius 3 is 2.36 bits per heavy atom. The number of ether oxygens (including phenoxy) is 1. The highest BCUT2D eigenvalue weighted by molar-refractivity contribution is 7.92. The summed E-state index contributed by atoms with van der Waals surface area (Å²) >= 11 is 0. The third-order valence-corrected chi connectivity index (χ3v) is 7.00. The van der Waals surface area contributed by atoms with Gasteiger partial charge in [-0.2, -0.15) is 0 Å². The van der Waals surface area contributed by atoms with Crippen LogP contribution in [-0.4, -0.2) is 57.6 Å². The lowest BCUT2D eigenvalue weighted by Crippen LogP contribution is -2.52. The SMILES string of the molecule is CCC(C(=O)NCC(C)C)N(Cc1cccc(OC)c1)C(=O)CN(c1cc(C)ccc1C)S(C)(=O)=O. The van der Waals surface area contributed by atoms with Crippen LogP contribution < -0.4 is 14.4 Å². The van der Waals surface area contributed by atoms with E-state index in [4.69, 9.17) is 4.74 Å². The van der Waals surface area contributed by atoms with Crippen molar-refractivity contribution in [3.8, 4) is 5.75 Å². The van der Waals surface area contributed by atoms with Gasteiger partial charge >= 0.3 is 0 Å². The van der Waals surface area contributed by atoms with Crippen LogP contribution in [0.15, 0.2) is 42.5 Å². The van der Waals surface area contributed by atoms with Crippen molar-refractivity contribution < 1.29 is 22.7 Å². The largest absolute Gasteiger partial charge is 0.497 e. The predicted molar refractivity (Wildman–Crippen MR) is 144 cm³/mol. The molecule has 1 atom stereocenters. The molecule has 198 valence electrons. The number of benzene rings is 2. The number of hydrogen-bond donors (Lipinski definition) is 1. The Morgan fingerprint density at radius 1 is 1.08 bits per heavy atom. The molecule has 0 saturated carbocycles. The van der Waals surface area contributed by atoms with Crippen molar-refractivity contribution in [1.29, 1.82) is 0 Å². The van der Waals surface area contributed by atoms with E-state index in [0.717, 1.165) is 27.3 Å². The lowest BCUT2D eigenvalue weighted by atomic mass is 10.1. The standard InChI is InChI=1S/C27H39N3O5S/c1-8-24(27(32)28-16-19(2)3)29(17-22-10-9-11-23(15-22)35-6)26(31)18-30(36(7,33)34)25-14-20(4)12-13-21(25)5/h9-15,19,24H,8,16-18H2,1-7H3,(H,28,32). The molecule has 8 nitrogen and oxygen atoms in total. The van der Waals surface area contributed by atoms with Crippen LogP contribution in [0.3, 0.4) is 0 Å². The van der Waals surface area contributed by atoms with Gasteiger partial charge in [-0.05, 0) is 61.1 Å². The minimum absolute atomic E-state index is 0.133. The van der Waals surface area contributed by atoms with Crippen LogP contribution in [0.4, 0.5) is 5.69 Å². The summed E-state index contributed by atoms with van der Waals surface area (Å²) in [5.74, 6) is 0.153. The van der Waals surface area contributed by atoms with Gasteiger partial charge in [0.15, 0.2) is 0 Å². The fourth-order valence-corrected chi connectivity index (χ4v) is 4.79. The fourth-order valence-electron chi connectivity index (χ4n) is 3.89. The molecule has 2 aromatic carbocycles. The number of sulfonamides is 1. The van der Waals surface area contributed by atoms with Crippen LogP contribution in [0.5, 0.6) is 5.75 Å². The Hall–Kier alpha value is -3.07. The average Bonchev–Trinajstić information content (AvgIpc) is 2.82. The second-order valence-corrected chi connectivity index (χ2v) is 11.4. The maximum atomic E-state index is 13.8. The van der Waals surface area contributed by atoms with Gasteiger partial charge in [0.05, 0.1) is 19.1 Å². The molecule has 0 aliphatic rings. The van der Waals surface area contributed by atoms with Crippen molar-refractivity contribution >= 4 is 27.5 Å². The van der Waals surface area contributed by atoms with E-state index in [-0.39, 0.29) is 18.4 Å².